The lowest BCUT2D eigenvalue weighted by atomic mass is 9.79. The van der Waals surface area contributed by atoms with E-state index in [0.29, 0.717) is 0 Å². The average molecular weight is 218 g/mol. The molecule has 1 saturated heterocycles. The maximum absolute atomic E-state index is 5.97. The average Bonchev–Trinajstić information content (AvgIpc) is 2.52. The Labute approximate surface area is 96.6 Å². The Balaban J connectivity index is 2.10. The highest BCUT2D eigenvalue weighted by molar-refractivity contribution is 5.63. The SMILES string of the molecule is CN1CC[C@@]2(C)c3ccccc3N(C)C2O1. The van der Waals surface area contributed by atoms with Crippen LogP contribution in [-0.2, 0) is 10.3 Å². The summed E-state index contributed by atoms with van der Waals surface area (Å²) >= 11 is 0. The molecule has 3 nitrogen and oxygen atoms in total. The molecule has 1 aromatic rings. The molecule has 1 fully saturated rings. The summed E-state index contributed by atoms with van der Waals surface area (Å²) in [4.78, 5) is 8.22. The monoisotopic (exact) mass is 218 g/mol. The quantitative estimate of drug-likeness (QED) is 0.662. The minimum atomic E-state index is 0.137. The number of benzene rings is 1. The van der Waals surface area contributed by atoms with Crippen molar-refractivity contribution in [2.24, 2.45) is 0 Å². The number of para-hydroxylation sites is 1. The fourth-order valence-corrected chi connectivity index (χ4v) is 3.01. The van der Waals surface area contributed by atoms with Crippen molar-refractivity contribution in [1.29, 1.82) is 0 Å². The molecule has 2 aliphatic heterocycles. The minimum absolute atomic E-state index is 0.137. The Morgan fingerprint density at radius 1 is 1.31 bits per heavy atom. The summed E-state index contributed by atoms with van der Waals surface area (Å²) in [5.41, 5.74) is 2.87. The lowest BCUT2D eigenvalue weighted by Gasteiger charge is -2.42. The van der Waals surface area contributed by atoms with Crippen molar-refractivity contribution in [2.45, 2.75) is 25.0 Å². The van der Waals surface area contributed by atoms with Gasteiger partial charge >= 0.3 is 0 Å². The van der Waals surface area contributed by atoms with Gasteiger partial charge in [-0.05, 0) is 18.1 Å². The molecule has 16 heavy (non-hydrogen) atoms. The third-order valence-electron chi connectivity index (χ3n) is 4.02. The first-order valence-electron chi connectivity index (χ1n) is 5.83. The Hall–Kier alpha value is -1.06. The lowest BCUT2D eigenvalue weighted by molar-refractivity contribution is -0.226. The third kappa shape index (κ3) is 1.16. The van der Waals surface area contributed by atoms with Gasteiger partial charge in [0.05, 0.1) is 0 Å². The summed E-state index contributed by atoms with van der Waals surface area (Å²) in [6, 6.07) is 8.64. The van der Waals surface area contributed by atoms with E-state index < -0.39 is 0 Å². The molecule has 3 heteroatoms. The van der Waals surface area contributed by atoms with Crippen LogP contribution in [0.4, 0.5) is 5.69 Å². The van der Waals surface area contributed by atoms with Gasteiger partial charge in [0.1, 0.15) is 0 Å². The standard InChI is InChI=1S/C13H18N2O/c1-13-8-9-14(2)16-12(13)15(3)11-7-5-4-6-10(11)13/h4-7,12H,8-9H2,1-3H3/t12?,13-/m0/s1. The molecule has 1 aromatic carbocycles. The number of anilines is 1. The normalized spacial score (nSPS) is 33.7. The van der Waals surface area contributed by atoms with E-state index in [4.69, 9.17) is 4.84 Å². The van der Waals surface area contributed by atoms with E-state index in [9.17, 15) is 0 Å². The first kappa shape index (κ1) is 10.1. The molecule has 0 aliphatic carbocycles. The van der Waals surface area contributed by atoms with E-state index in [0.717, 1.165) is 13.0 Å². The number of rotatable bonds is 0. The van der Waals surface area contributed by atoms with Crippen LogP contribution in [-0.4, -0.2) is 31.9 Å². The molecule has 0 radical (unpaired) electrons. The van der Waals surface area contributed by atoms with Gasteiger partial charge in [0.25, 0.3) is 0 Å². The summed E-state index contributed by atoms with van der Waals surface area (Å²) < 4.78 is 0. The second-order valence-corrected chi connectivity index (χ2v) is 5.10. The molecule has 0 bridgehead atoms. The smallest absolute Gasteiger partial charge is 0.160 e. The van der Waals surface area contributed by atoms with Crippen molar-refractivity contribution in [1.82, 2.24) is 5.06 Å². The highest BCUT2D eigenvalue weighted by atomic mass is 16.7. The van der Waals surface area contributed by atoms with Gasteiger partial charge in [-0.15, -0.1) is 0 Å². The Kier molecular flexibility index (Phi) is 2.03. The number of hydrogen-bond donors (Lipinski definition) is 0. The number of likely N-dealkylation sites (N-methyl/N-ethyl adjacent to an activating group) is 1. The van der Waals surface area contributed by atoms with Crippen LogP contribution in [0, 0.1) is 0 Å². The van der Waals surface area contributed by atoms with Crippen molar-refractivity contribution < 1.29 is 4.84 Å². The molecule has 0 aromatic heterocycles. The predicted octanol–water partition coefficient (Wildman–Crippen LogP) is 1.99. The fraction of sp³-hybridized carbons (Fsp3) is 0.538. The zero-order valence-electron chi connectivity index (χ0n) is 10.1. The molecule has 2 heterocycles. The number of nitrogens with zero attached hydrogens (tertiary/aromatic N) is 2. The van der Waals surface area contributed by atoms with Crippen molar-refractivity contribution in [2.75, 3.05) is 25.5 Å². The zero-order valence-corrected chi connectivity index (χ0v) is 10.1. The number of hydroxylamine groups is 2. The van der Waals surface area contributed by atoms with Gasteiger partial charge < -0.3 is 4.90 Å². The number of hydrogen-bond acceptors (Lipinski definition) is 3. The van der Waals surface area contributed by atoms with Gasteiger partial charge in [-0.25, -0.2) is 0 Å². The van der Waals surface area contributed by atoms with Gasteiger partial charge in [-0.3, -0.25) is 4.84 Å². The van der Waals surface area contributed by atoms with E-state index in [1.54, 1.807) is 0 Å². The highest BCUT2D eigenvalue weighted by Crippen LogP contribution is 2.48. The van der Waals surface area contributed by atoms with Crippen molar-refractivity contribution >= 4 is 5.69 Å². The molecule has 86 valence electrons. The van der Waals surface area contributed by atoms with E-state index >= 15 is 0 Å². The minimum Gasteiger partial charge on any atom is -0.347 e. The zero-order chi connectivity index (χ0) is 11.3. The van der Waals surface area contributed by atoms with Crippen LogP contribution >= 0.6 is 0 Å². The molecule has 0 saturated carbocycles. The van der Waals surface area contributed by atoms with Gasteiger partial charge in [0.2, 0.25) is 0 Å². The molecule has 0 N–H and O–H groups in total. The lowest BCUT2D eigenvalue weighted by Crippen LogP contribution is -2.52. The Bertz CT molecular complexity index is 420. The summed E-state index contributed by atoms with van der Waals surface area (Å²) in [6.45, 7) is 3.31. The second-order valence-electron chi connectivity index (χ2n) is 5.10. The maximum atomic E-state index is 5.97. The van der Waals surface area contributed by atoms with Crippen LogP contribution in [0.15, 0.2) is 24.3 Å². The topological polar surface area (TPSA) is 15.7 Å². The summed E-state index contributed by atoms with van der Waals surface area (Å²) in [7, 11) is 4.13. The number of fused-ring (bicyclic) bond motifs is 3. The maximum Gasteiger partial charge on any atom is 0.160 e. The van der Waals surface area contributed by atoms with E-state index in [1.807, 2.05) is 12.1 Å². The Morgan fingerprint density at radius 2 is 2.06 bits per heavy atom. The molecular formula is C13H18N2O. The summed E-state index contributed by atoms with van der Waals surface area (Å²) in [5, 5.41) is 1.95. The van der Waals surface area contributed by atoms with Crippen LogP contribution in [0.3, 0.4) is 0 Å². The first-order chi connectivity index (χ1) is 7.63. The molecule has 1 unspecified atom stereocenters. The van der Waals surface area contributed by atoms with Crippen LogP contribution in [0.5, 0.6) is 0 Å². The van der Waals surface area contributed by atoms with Gasteiger partial charge in [-0.1, -0.05) is 25.1 Å². The van der Waals surface area contributed by atoms with Gasteiger partial charge in [0.15, 0.2) is 6.23 Å². The largest absolute Gasteiger partial charge is 0.347 e. The fourth-order valence-electron chi connectivity index (χ4n) is 3.01. The van der Waals surface area contributed by atoms with Crippen molar-refractivity contribution in [3.05, 3.63) is 29.8 Å². The van der Waals surface area contributed by atoms with Gasteiger partial charge in [-0.2, -0.15) is 5.06 Å². The van der Waals surface area contributed by atoms with Crippen molar-refractivity contribution in [3.8, 4) is 0 Å². The Morgan fingerprint density at radius 3 is 2.88 bits per heavy atom. The van der Waals surface area contributed by atoms with E-state index in [2.05, 4.69) is 43.1 Å². The first-order valence-corrected chi connectivity index (χ1v) is 5.83. The molecule has 0 spiro atoms. The third-order valence-corrected chi connectivity index (χ3v) is 4.02. The van der Waals surface area contributed by atoms with Crippen molar-refractivity contribution in [3.63, 3.8) is 0 Å². The van der Waals surface area contributed by atoms with Crippen LogP contribution in [0.25, 0.3) is 0 Å². The van der Waals surface area contributed by atoms with E-state index in [-0.39, 0.29) is 11.6 Å². The molecule has 2 aliphatic rings. The van der Waals surface area contributed by atoms with Crippen LogP contribution in [0.2, 0.25) is 0 Å². The van der Waals surface area contributed by atoms with Crippen LogP contribution < -0.4 is 4.90 Å². The second kappa shape index (κ2) is 3.22. The molecule has 3 rings (SSSR count). The van der Waals surface area contributed by atoms with Gasteiger partial charge in [0, 0.05) is 31.7 Å². The molecular weight excluding hydrogens is 200 g/mol. The molecule has 0 amide bonds. The van der Waals surface area contributed by atoms with E-state index in [1.165, 1.54) is 11.3 Å². The summed E-state index contributed by atoms with van der Waals surface area (Å²) in [6.07, 6.45) is 1.29. The highest BCUT2D eigenvalue weighted by Gasteiger charge is 2.50. The molecule has 2 atom stereocenters. The predicted molar refractivity (Wildman–Crippen MR) is 64.3 cm³/mol. The van der Waals surface area contributed by atoms with Crippen LogP contribution in [0.1, 0.15) is 18.9 Å². The summed E-state index contributed by atoms with van der Waals surface area (Å²) in [5.74, 6) is 0.